The van der Waals surface area contributed by atoms with Gasteiger partial charge in [0.25, 0.3) is 5.69 Å². The van der Waals surface area contributed by atoms with Crippen molar-refractivity contribution in [3.8, 4) is 11.4 Å². The standard InChI is InChI=1S/C22H16N4O3/c27-21(13-6-15-4-2-1-3-5-15)23-17-9-7-16(8-10-17)22-24-19-12-11-18(26(28)29)14-20(19)25-22/h1-14H,(H,23,27)(H,24,25)/b13-6+. The summed E-state index contributed by atoms with van der Waals surface area (Å²) >= 11 is 0. The number of anilines is 1. The Kier molecular flexibility index (Phi) is 4.86. The number of hydrogen-bond donors (Lipinski definition) is 2. The van der Waals surface area contributed by atoms with Gasteiger partial charge in [0.2, 0.25) is 5.91 Å². The number of carbonyl (C=O) groups excluding carboxylic acids is 1. The molecule has 29 heavy (non-hydrogen) atoms. The van der Waals surface area contributed by atoms with Crippen LogP contribution in [0.5, 0.6) is 0 Å². The Morgan fingerprint density at radius 1 is 1.03 bits per heavy atom. The van der Waals surface area contributed by atoms with Crippen molar-refractivity contribution in [1.82, 2.24) is 9.97 Å². The minimum atomic E-state index is -0.441. The third kappa shape index (κ3) is 4.19. The maximum Gasteiger partial charge on any atom is 0.271 e. The minimum absolute atomic E-state index is 0.00863. The number of nitrogens with zero attached hydrogens (tertiary/aromatic N) is 2. The number of nitro groups is 1. The molecule has 0 bridgehead atoms. The molecule has 0 saturated heterocycles. The summed E-state index contributed by atoms with van der Waals surface area (Å²) in [6.07, 6.45) is 3.23. The zero-order chi connectivity index (χ0) is 20.2. The van der Waals surface area contributed by atoms with E-state index in [0.717, 1.165) is 11.1 Å². The lowest BCUT2D eigenvalue weighted by Crippen LogP contribution is -2.07. The molecule has 1 amide bonds. The number of rotatable bonds is 5. The van der Waals surface area contributed by atoms with E-state index in [1.54, 1.807) is 24.3 Å². The van der Waals surface area contributed by atoms with Gasteiger partial charge in [0, 0.05) is 29.5 Å². The van der Waals surface area contributed by atoms with Crippen molar-refractivity contribution < 1.29 is 9.72 Å². The first-order valence-corrected chi connectivity index (χ1v) is 8.87. The summed E-state index contributed by atoms with van der Waals surface area (Å²) in [6, 6.07) is 21.3. The number of amides is 1. The smallest absolute Gasteiger partial charge is 0.271 e. The monoisotopic (exact) mass is 384 g/mol. The molecule has 0 aliphatic rings. The van der Waals surface area contributed by atoms with E-state index >= 15 is 0 Å². The maximum absolute atomic E-state index is 12.1. The Balaban J connectivity index is 1.47. The third-order valence-corrected chi connectivity index (χ3v) is 4.33. The molecule has 0 spiro atoms. The van der Waals surface area contributed by atoms with Crippen molar-refractivity contribution in [3.05, 3.63) is 94.6 Å². The Labute approximate surface area is 165 Å². The van der Waals surface area contributed by atoms with Crippen molar-refractivity contribution in [3.63, 3.8) is 0 Å². The van der Waals surface area contributed by atoms with Crippen LogP contribution in [-0.2, 0) is 4.79 Å². The summed E-state index contributed by atoms with van der Waals surface area (Å²) in [7, 11) is 0. The average Bonchev–Trinajstić information content (AvgIpc) is 3.17. The number of benzene rings is 3. The maximum atomic E-state index is 12.1. The van der Waals surface area contributed by atoms with E-state index in [-0.39, 0.29) is 11.6 Å². The summed E-state index contributed by atoms with van der Waals surface area (Å²) in [4.78, 5) is 30.1. The number of non-ortho nitro benzene ring substituents is 1. The van der Waals surface area contributed by atoms with Gasteiger partial charge in [-0.2, -0.15) is 0 Å². The van der Waals surface area contributed by atoms with Crippen LogP contribution < -0.4 is 5.32 Å². The van der Waals surface area contributed by atoms with Crippen LogP contribution in [0, 0.1) is 10.1 Å². The normalized spacial score (nSPS) is 11.0. The Morgan fingerprint density at radius 2 is 1.79 bits per heavy atom. The highest BCUT2D eigenvalue weighted by atomic mass is 16.6. The predicted octanol–water partition coefficient (Wildman–Crippen LogP) is 4.79. The first kappa shape index (κ1) is 18.1. The first-order valence-electron chi connectivity index (χ1n) is 8.87. The Hall–Kier alpha value is -4.26. The SMILES string of the molecule is O=C(/C=C/c1ccccc1)Nc1ccc(-c2nc3ccc([N+](=O)[O-])cc3[nH]2)cc1. The zero-order valence-electron chi connectivity index (χ0n) is 15.2. The number of carbonyl (C=O) groups is 1. The summed E-state index contributed by atoms with van der Waals surface area (Å²) in [5.41, 5.74) is 3.66. The number of fused-ring (bicyclic) bond motifs is 1. The van der Waals surface area contributed by atoms with Crippen molar-refractivity contribution in [2.45, 2.75) is 0 Å². The fourth-order valence-electron chi connectivity index (χ4n) is 2.88. The highest BCUT2D eigenvalue weighted by Gasteiger charge is 2.10. The van der Waals surface area contributed by atoms with E-state index in [2.05, 4.69) is 15.3 Å². The second kappa shape index (κ2) is 7.77. The van der Waals surface area contributed by atoms with Gasteiger partial charge in [-0.15, -0.1) is 0 Å². The molecule has 0 fully saturated rings. The summed E-state index contributed by atoms with van der Waals surface area (Å²) < 4.78 is 0. The number of hydrogen-bond acceptors (Lipinski definition) is 4. The van der Waals surface area contributed by atoms with E-state index in [9.17, 15) is 14.9 Å². The highest BCUT2D eigenvalue weighted by Crippen LogP contribution is 2.24. The topological polar surface area (TPSA) is 101 Å². The quantitative estimate of drug-likeness (QED) is 0.293. The van der Waals surface area contributed by atoms with Crippen LogP contribution in [0.2, 0.25) is 0 Å². The van der Waals surface area contributed by atoms with Gasteiger partial charge in [-0.3, -0.25) is 14.9 Å². The van der Waals surface area contributed by atoms with Crippen LogP contribution in [-0.4, -0.2) is 20.8 Å². The first-order chi connectivity index (χ1) is 14.1. The number of nitro benzene ring substituents is 1. The van der Waals surface area contributed by atoms with Crippen molar-refractivity contribution >= 4 is 34.4 Å². The Bertz CT molecular complexity index is 1210. The number of nitrogens with one attached hydrogen (secondary N) is 2. The molecule has 3 aromatic carbocycles. The number of imidazole rings is 1. The molecule has 0 atom stereocenters. The molecule has 4 rings (SSSR count). The van der Waals surface area contributed by atoms with E-state index in [4.69, 9.17) is 0 Å². The van der Waals surface area contributed by atoms with Gasteiger partial charge in [0.05, 0.1) is 16.0 Å². The number of aromatic nitrogens is 2. The van der Waals surface area contributed by atoms with Crippen LogP contribution >= 0.6 is 0 Å². The van der Waals surface area contributed by atoms with Crippen molar-refractivity contribution in [2.24, 2.45) is 0 Å². The molecule has 0 radical (unpaired) electrons. The second-order valence-electron chi connectivity index (χ2n) is 6.35. The van der Waals surface area contributed by atoms with Gasteiger partial charge in [-0.25, -0.2) is 4.98 Å². The molecule has 0 aliphatic carbocycles. The zero-order valence-corrected chi connectivity index (χ0v) is 15.2. The van der Waals surface area contributed by atoms with Gasteiger partial charge in [-0.05, 0) is 42.0 Å². The predicted molar refractivity (Wildman–Crippen MR) is 112 cm³/mol. The summed E-state index contributed by atoms with van der Waals surface area (Å²) in [6.45, 7) is 0. The molecule has 0 saturated carbocycles. The van der Waals surface area contributed by atoms with Gasteiger partial charge in [-0.1, -0.05) is 30.3 Å². The molecular weight excluding hydrogens is 368 g/mol. The molecule has 1 aromatic heterocycles. The molecule has 2 N–H and O–H groups in total. The molecule has 0 aliphatic heterocycles. The van der Waals surface area contributed by atoms with E-state index < -0.39 is 4.92 Å². The fraction of sp³-hybridized carbons (Fsp3) is 0. The second-order valence-corrected chi connectivity index (χ2v) is 6.35. The molecule has 7 heteroatoms. The largest absolute Gasteiger partial charge is 0.338 e. The summed E-state index contributed by atoms with van der Waals surface area (Å²) in [5.74, 6) is 0.375. The van der Waals surface area contributed by atoms with Crippen LogP contribution in [0.4, 0.5) is 11.4 Å². The van der Waals surface area contributed by atoms with Crippen LogP contribution in [0.3, 0.4) is 0 Å². The molecule has 0 unspecified atom stereocenters. The van der Waals surface area contributed by atoms with E-state index in [1.165, 1.54) is 18.2 Å². The lowest BCUT2D eigenvalue weighted by molar-refractivity contribution is -0.384. The minimum Gasteiger partial charge on any atom is -0.338 e. The fourth-order valence-corrected chi connectivity index (χ4v) is 2.88. The number of H-pyrrole nitrogens is 1. The van der Waals surface area contributed by atoms with Gasteiger partial charge >= 0.3 is 0 Å². The molecular formula is C22H16N4O3. The molecule has 7 nitrogen and oxygen atoms in total. The molecule has 1 heterocycles. The van der Waals surface area contributed by atoms with Gasteiger partial charge < -0.3 is 10.3 Å². The van der Waals surface area contributed by atoms with Gasteiger partial charge in [0.15, 0.2) is 0 Å². The Morgan fingerprint density at radius 3 is 2.52 bits per heavy atom. The van der Waals surface area contributed by atoms with E-state index in [0.29, 0.717) is 22.5 Å². The lowest BCUT2D eigenvalue weighted by atomic mass is 10.2. The molecule has 142 valence electrons. The van der Waals surface area contributed by atoms with Crippen LogP contribution in [0.25, 0.3) is 28.5 Å². The van der Waals surface area contributed by atoms with E-state index in [1.807, 2.05) is 42.5 Å². The molecule has 4 aromatic rings. The van der Waals surface area contributed by atoms with Gasteiger partial charge in [0.1, 0.15) is 5.82 Å². The third-order valence-electron chi connectivity index (χ3n) is 4.33. The number of aromatic amines is 1. The van der Waals surface area contributed by atoms with Crippen LogP contribution in [0.15, 0.2) is 78.9 Å². The summed E-state index contributed by atoms with van der Waals surface area (Å²) in [5, 5.41) is 13.7. The highest BCUT2D eigenvalue weighted by molar-refractivity contribution is 6.02. The van der Waals surface area contributed by atoms with Crippen molar-refractivity contribution in [2.75, 3.05) is 5.32 Å². The van der Waals surface area contributed by atoms with Crippen LogP contribution in [0.1, 0.15) is 5.56 Å². The van der Waals surface area contributed by atoms with Crippen molar-refractivity contribution in [1.29, 1.82) is 0 Å². The lowest BCUT2D eigenvalue weighted by Gasteiger charge is -2.03. The average molecular weight is 384 g/mol.